The van der Waals surface area contributed by atoms with E-state index in [1.165, 1.54) is 6.33 Å². The molecule has 0 fully saturated rings. The van der Waals surface area contributed by atoms with Crippen LogP contribution in [0.1, 0.15) is 34.0 Å². The highest BCUT2D eigenvalue weighted by Gasteiger charge is 2.23. The van der Waals surface area contributed by atoms with Gasteiger partial charge in [0, 0.05) is 11.8 Å². The van der Waals surface area contributed by atoms with Crippen molar-refractivity contribution in [2.45, 2.75) is 13.5 Å². The summed E-state index contributed by atoms with van der Waals surface area (Å²) in [6.07, 6.45) is 7.07. The molecule has 6 nitrogen and oxygen atoms in total. The first-order valence-corrected chi connectivity index (χ1v) is 9.69. The molecule has 4 aromatic rings. The first-order chi connectivity index (χ1) is 14.8. The minimum Gasteiger partial charge on any atom is -0.487 e. The predicted molar refractivity (Wildman–Crippen MR) is 115 cm³/mol. The minimum atomic E-state index is -0.492. The Morgan fingerprint density at radius 2 is 1.77 bits per heavy atom. The number of hydrogen-bond acceptors (Lipinski definition) is 5. The normalized spacial score (nSPS) is 11.1. The number of aromatic nitrogens is 3. The molecule has 0 bridgehead atoms. The average Bonchev–Trinajstić information content (AvgIpc) is 3.25. The lowest BCUT2D eigenvalue weighted by atomic mass is 10.1. The molecule has 6 heteroatoms. The Morgan fingerprint density at radius 3 is 2.50 bits per heavy atom. The summed E-state index contributed by atoms with van der Waals surface area (Å²) < 4.78 is 13.0. The third kappa shape index (κ3) is 4.22. The topological polar surface area (TPSA) is 65.7 Å². The Balaban J connectivity index is 1.81. The molecule has 0 atom stereocenters. The lowest BCUT2D eigenvalue weighted by molar-refractivity contribution is 0.0522. The van der Waals surface area contributed by atoms with Gasteiger partial charge in [0.1, 0.15) is 24.2 Å². The van der Waals surface area contributed by atoms with E-state index in [2.05, 4.69) is 10.1 Å². The van der Waals surface area contributed by atoms with Crippen LogP contribution in [0.3, 0.4) is 0 Å². The fourth-order valence-electron chi connectivity index (χ4n) is 3.10. The number of carbonyl (C=O) groups is 1. The van der Waals surface area contributed by atoms with Crippen molar-refractivity contribution in [1.29, 1.82) is 0 Å². The molecule has 0 radical (unpaired) electrons. The summed E-state index contributed by atoms with van der Waals surface area (Å²) in [5.74, 6) is -0.0708. The molecule has 0 N–H and O–H groups in total. The van der Waals surface area contributed by atoms with E-state index in [0.717, 1.165) is 11.1 Å². The standard InChI is InChI=1S/C24H21N3O3/c1-2-29-24(28)21-22(30-16-19-11-7-4-8-12-19)20(15-27-23(21)25-17-26-27)14-13-18-9-5-3-6-10-18/h3-15,17H,2,16H2,1H3. The average molecular weight is 399 g/mol. The van der Waals surface area contributed by atoms with Gasteiger partial charge in [0.05, 0.1) is 6.61 Å². The summed E-state index contributed by atoms with van der Waals surface area (Å²) in [4.78, 5) is 17.1. The zero-order chi connectivity index (χ0) is 20.8. The molecular formula is C24H21N3O3. The molecule has 0 saturated heterocycles. The molecule has 4 rings (SSSR count). The van der Waals surface area contributed by atoms with E-state index >= 15 is 0 Å². The van der Waals surface area contributed by atoms with E-state index in [4.69, 9.17) is 9.47 Å². The van der Waals surface area contributed by atoms with Gasteiger partial charge in [-0.25, -0.2) is 14.3 Å². The van der Waals surface area contributed by atoms with Crippen molar-refractivity contribution in [3.05, 3.63) is 95.4 Å². The summed E-state index contributed by atoms with van der Waals surface area (Å²) >= 11 is 0. The summed E-state index contributed by atoms with van der Waals surface area (Å²) in [7, 11) is 0. The molecular weight excluding hydrogens is 378 g/mol. The molecule has 0 spiro atoms. The van der Waals surface area contributed by atoms with Crippen LogP contribution in [0.4, 0.5) is 0 Å². The molecule has 2 aromatic heterocycles. The Bertz CT molecular complexity index is 1170. The summed E-state index contributed by atoms with van der Waals surface area (Å²) in [5.41, 5.74) is 3.39. The van der Waals surface area contributed by atoms with Crippen molar-refractivity contribution in [3.8, 4) is 5.75 Å². The van der Waals surface area contributed by atoms with Gasteiger partial charge in [-0.05, 0) is 24.1 Å². The highest BCUT2D eigenvalue weighted by Crippen LogP contribution is 2.30. The number of rotatable bonds is 7. The summed E-state index contributed by atoms with van der Waals surface area (Å²) in [5, 5.41) is 4.21. The van der Waals surface area contributed by atoms with Crippen molar-refractivity contribution >= 4 is 23.8 Å². The van der Waals surface area contributed by atoms with Crippen molar-refractivity contribution in [3.63, 3.8) is 0 Å². The van der Waals surface area contributed by atoms with Gasteiger partial charge < -0.3 is 9.47 Å². The maximum absolute atomic E-state index is 12.8. The zero-order valence-corrected chi connectivity index (χ0v) is 16.6. The molecule has 0 amide bonds. The quantitative estimate of drug-likeness (QED) is 0.423. The Labute approximate surface area is 174 Å². The number of esters is 1. The molecule has 150 valence electrons. The molecule has 0 saturated carbocycles. The highest BCUT2D eigenvalue weighted by molar-refractivity contribution is 6.00. The van der Waals surface area contributed by atoms with Crippen LogP contribution < -0.4 is 4.74 Å². The largest absolute Gasteiger partial charge is 0.487 e. The van der Waals surface area contributed by atoms with Crippen molar-refractivity contribution in [2.24, 2.45) is 0 Å². The van der Waals surface area contributed by atoms with Gasteiger partial charge in [0.15, 0.2) is 5.65 Å². The second kappa shape index (κ2) is 9.05. The van der Waals surface area contributed by atoms with Crippen LogP contribution in [0.15, 0.2) is 73.2 Å². The predicted octanol–water partition coefficient (Wildman–Crippen LogP) is 4.66. The van der Waals surface area contributed by atoms with Crippen LogP contribution in [-0.4, -0.2) is 27.2 Å². The second-order valence-electron chi connectivity index (χ2n) is 6.56. The van der Waals surface area contributed by atoms with Crippen LogP contribution in [0.5, 0.6) is 5.75 Å². The van der Waals surface area contributed by atoms with Crippen molar-refractivity contribution in [2.75, 3.05) is 6.61 Å². The van der Waals surface area contributed by atoms with E-state index < -0.39 is 5.97 Å². The number of fused-ring (bicyclic) bond motifs is 1. The number of benzene rings is 2. The van der Waals surface area contributed by atoms with Gasteiger partial charge in [-0.3, -0.25) is 0 Å². The number of ether oxygens (including phenoxy) is 2. The second-order valence-corrected chi connectivity index (χ2v) is 6.56. The van der Waals surface area contributed by atoms with E-state index in [1.54, 1.807) is 17.6 Å². The minimum absolute atomic E-state index is 0.251. The molecule has 0 aliphatic heterocycles. The van der Waals surface area contributed by atoms with Crippen LogP contribution in [0.25, 0.3) is 17.8 Å². The maximum Gasteiger partial charge on any atom is 0.345 e. The lowest BCUT2D eigenvalue weighted by Crippen LogP contribution is -2.12. The molecule has 0 unspecified atom stereocenters. The van der Waals surface area contributed by atoms with Crippen LogP contribution in [0, 0.1) is 0 Å². The van der Waals surface area contributed by atoms with E-state index in [-0.39, 0.29) is 12.2 Å². The molecule has 2 heterocycles. The fraction of sp³-hybridized carbons (Fsp3) is 0.125. The van der Waals surface area contributed by atoms with E-state index in [9.17, 15) is 4.79 Å². The summed E-state index contributed by atoms with van der Waals surface area (Å²) in [6, 6.07) is 19.7. The van der Waals surface area contributed by atoms with Gasteiger partial charge in [-0.2, -0.15) is 5.10 Å². The Kier molecular flexibility index (Phi) is 5.85. The molecule has 2 aromatic carbocycles. The van der Waals surface area contributed by atoms with Gasteiger partial charge >= 0.3 is 5.97 Å². The van der Waals surface area contributed by atoms with Crippen LogP contribution in [-0.2, 0) is 11.3 Å². The maximum atomic E-state index is 12.8. The van der Waals surface area contributed by atoms with Gasteiger partial charge in [0.2, 0.25) is 0 Å². The molecule has 0 aliphatic carbocycles. The van der Waals surface area contributed by atoms with Gasteiger partial charge in [-0.15, -0.1) is 0 Å². The Morgan fingerprint density at radius 1 is 1.03 bits per heavy atom. The number of pyridine rings is 1. The SMILES string of the molecule is CCOC(=O)c1c(OCc2ccccc2)c(C=Cc2ccccc2)cn2ncnc12. The monoisotopic (exact) mass is 399 g/mol. The molecule has 0 aliphatic rings. The molecule has 30 heavy (non-hydrogen) atoms. The van der Waals surface area contributed by atoms with Crippen LogP contribution >= 0.6 is 0 Å². The smallest absolute Gasteiger partial charge is 0.345 e. The highest BCUT2D eigenvalue weighted by atomic mass is 16.5. The van der Waals surface area contributed by atoms with E-state index in [0.29, 0.717) is 23.6 Å². The lowest BCUT2D eigenvalue weighted by Gasteiger charge is -2.15. The van der Waals surface area contributed by atoms with E-state index in [1.807, 2.05) is 72.8 Å². The number of hydrogen-bond donors (Lipinski definition) is 0. The third-order valence-electron chi connectivity index (χ3n) is 4.51. The fourth-order valence-corrected chi connectivity index (χ4v) is 3.10. The number of carbonyl (C=O) groups excluding carboxylic acids is 1. The van der Waals surface area contributed by atoms with Gasteiger partial charge in [0.25, 0.3) is 0 Å². The first kappa shape index (κ1) is 19.4. The zero-order valence-electron chi connectivity index (χ0n) is 16.6. The number of nitrogens with zero attached hydrogens (tertiary/aromatic N) is 3. The third-order valence-corrected chi connectivity index (χ3v) is 4.51. The first-order valence-electron chi connectivity index (χ1n) is 9.69. The summed E-state index contributed by atoms with van der Waals surface area (Å²) in [6.45, 7) is 2.33. The van der Waals surface area contributed by atoms with Gasteiger partial charge in [-0.1, -0.05) is 66.7 Å². The van der Waals surface area contributed by atoms with Crippen molar-refractivity contribution in [1.82, 2.24) is 14.6 Å². The Hall–Kier alpha value is -3.93. The van der Waals surface area contributed by atoms with Crippen LogP contribution in [0.2, 0.25) is 0 Å². The van der Waals surface area contributed by atoms with Crippen molar-refractivity contribution < 1.29 is 14.3 Å².